The summed E-state index contributed by atoms with van der Waals surface area (Å²) in [6, 6.07) is 11.4. The summed E-state index contributed by atoms with van der Waals surface area (Å²) in [5.74, 6) is 0. The van der Waals surface area contributed by atoms with Crippen molar-refractivity contribution in [1.29, 1.82) is 10.5 Å². The van der Waals surface area contributed by atoms with Crippen molar-refractivity contribution >= 4 is 0 Å². The first-order valence-electron chi connectivity index (χ1n) is 5.95. The van der Waals surface area contributed by atoms with Crippen LogP contribution in [0, 0.1) is 22.7 Å². The molecule has 94 valence electrons. The van der Waals surface area contributed by atoms with Gasteiger partial charge in [-0.3, -0.25) is 4.57 Å². The number of hydrogen-bond donors (Lipinski definition) is 1. The van der Waals surface area contributed by atoms with Crippen molar-refractivity contribution in [3.63, 3.8) is 0 Å². The molecule has 0 fully saturated rings. The summed E-state index contributed by atoms with van der Waals surface area (Å²) < 4.78 is 1.61. The molecule has 1 atom stereocenters. The van der Waals surface area contributed by atoms with E-state index in [1.165, 1.54) is 6.33 Å². The number of rotatable bonds is 3. The lowest BCUT2D eigenvalue weighted by atomic mass is 10.0. The topological polar surface area (TPSA) is 91.4 Å². The number of benzene rings is 1. The van der Waals surface area contributed by atoms with Gasteiger partial charge in [0.05, 0.1) is 5.69 Å². The second-order valence-corrected chi connectivity index (χ2v) is 4.11. The molecule has 1 aromatic carbocycles. The van der Waals surface area contributed by atoms with E-state index < -0.39 is 0 Å². The maximum atomic E-state index is 9.17. The highest BCUT2D eigenvalue weighted by Crippen LogP contribution is 2.24. The van der Waals surface area contributed by atoms with E-state index in [9.17, 15) is 5.26 Å². The third kappa shape index (κ3) is 2.20. The van der Waals surface area contributed by atoms with Crippen LogP contribution in [0.4, 0.5) is 0 Å². The molecule has 5 heteroatoms. The lowest BCUT2D eigenvalue weighted by Crippen LogP contribution is -2.12. The maximum absolute atomic E-state index is 9.17. The van der Waals surface area contributed by atoms with E-state index in [1.54, 1.807) is 4.57 Å². The first kappa shape index (κ1) is 12.8. The number of nitrogens with two attached hydrogens (primary N) is 1. The SMILES string of the molecule is CCC(N)c1ccccc1-n1cnc(C#N)c1C#N. The van der Waals surface area contributed by atoms with E-state index in [0.29, 0.717) is 0 Å². The number of hydrogen-bond acceptors (Lipinski definition) is 4. The van der Waals surface area contributed by atoms with Gasteiger partial charge in [-0.1, -0.05) is 25.1 Å². The highest BCUT2D eigenvalue weighted by atomic mass is 15.1. The van der Waals surface area contributed by atoms with Crippen LogP contribution in [0.5, 0.6) is 0 Å². The van der Waals surface area contributed by atoms with Gasteiger partial charge in [0.1, 0.15) is 18.5 Å². The van der Waals surface area contributed by atoms with Crippen molar-refractivity contribution in [2.45, 2.75) is 19.4 Å². The van der Waals surface area contributed by atoms with Gasteiger partial charge in [0.2, 0.25) is 0 Å². The summed E-state index contributed by atoms with van der Waals surface area (Å²) in [6.07, 6.45) is 2.27. The Morgan fingerprint density at radius 3 is 2.68 bits per heavy atom. The van der Waals surface area contributed by atoms with E-state index in [2.05, 4.69) is 4.98 Å². The fraction of sp³-hybridized carbons (Fsp3) is 0.214. The molecule has 0 aliphatic carbocycles. The Labute approximate surface area is 111 Å². The molecular formula is C14H13N5. The summed E-state index contributed by atoms with van der Waals surface area (Å²) in [5.41, 5.74) is 8.17. The zero-order chi connectivity index (χ0) is 13.8. The van der Waals surface area contributed by atoms with E-state index in [1.807, 2.05) is 43.3 Å². The molecule has 0 saturated carbocycles. The lowest BCUT2D eigenvalue weighted by Gasteiger charge is -2.15. The first-order valence-corrected chi connectivity index (χ1v) is 5.95. The lowest BCUT2D eigenvalue weighted by molar-refractivity contribution is 0.692. The number of imidazole rings is 1. The van der Waals surface area contributed by atoms with Gasteiger partial charge in [0, 0.05) is 6.04 Å². The van der Waals surface area contributed by atoms with Crippen LogP contribution < -0.4 is 5.73 Å². The summed E-state index contributed by atoms with van der Waals surface area (Å²) >= 11 is 0. The second-order valence-electron chi connectivity index (χ2n) is 4.11. The molecule has 5 nitrogen and oxygen atoms in total. The standard InChI is InChI=1S/C14H13N5/c1-2-11(17)10-5-3-4-6-13(10)19-9-18-12(7-15)14(19)8-16/h3-6,9,11H,2,17H2,1H3. The molecule has 0 aliphatic heterocycles. The van der Waals surface area contributed by atoms with Gasteiger partial charge in [0.15, 0.2) is 11.4 Å². The van der Waals surface area contributed by atoms with E-state index in [4.69, 9.17) is 11.0 Å². The normalized spacial score (nSPS) is 11.6. The Morgan fingerprint density at radius 1 is 1.32 bits per heavy atom. The minimum Gasteiger partial charge on any atom is -0.324 e. The largest absolute Gasteiger partial charge is 0.324 e. The Hall–Kier alpha value is -2.63. The Balaban J connectivity index is 2.64. The molecule has 1 heterocycles. The molecule has 2 N–H and O–H groups in total. The van der Waals surface area contributed by atoms with Crippen LogP contribution in [0.1, 0.15) is 36.3 Å². The van der Waals surface area contributed by atoms with Gasteiger partial charge in [-0.05, 0) is 18.1 Å². The third-order valence-corrected chi connectivity index (χ3v) is 3.01. The second kappa shape index (κ2) is 5.34. The van der Waals surface area contributed by atoms with Gasteiger partial charge in [-0.15, -0.1) is 0 Å². The van der Waals surface area contributed by atoms with Gasteiger partial charge >= 0.3 is 0 Å². The Kier molecular flexibility index (Phi) is 3.61. The average Bonchev–Trinajstić information content (AvgIpc) is 2.89. The Bertz CT molecular complexity index is 672. The average molecular weight is 251 g/mol. The molecule has 0 amide bonds. The van der Waals surface area contributed by atoms with E-state index in [-0.39, 0.29) is 17.4 Å². The Morgan fingerprint density at radius 2 is 2.05 bits per heavy atom. The van der Waals surface area contributed by atoms with Crippen molar-refractivity contribution in [3.05, 3.63) is 47.5 Å². The van der Waals surface area contributed by atoms with Crippen LogP contribution in [-0.2, 0) is 0 Å². The molecule has 19 heavy (non-hydrogen) atoms. The van der Waals surface area contributed by atoms with Gasteiger partial charge in [-0.25, -0.2) is 4.98 Å². The zero-order valence-electron chi connectivity index (χ0n) is 10.5. The molecular weight excluding hydrogens is 238 g/mol. The van der Waals surface area contributed by atoms with Gasteiger partial charge in [-0.2, -0.15) is 10.5 Å². The number of nitriles is 2. The molecule has 2 rings (SSSR count). The number of para-hydroxylation sites is 1. The van der Waals surface area contributed by atoms with Crippen LogP contribution in [0.15, 0.2) is 30.6 Å². The quantitative estimate of drug-likeness (QED) is 0.903. The molecule has 0 spiro atoms. The zero-order valence-corrected chi connectivity index (χ0v) is 10.5. The number of aromatic nitrogens is 2. The molecule has 1 aromatic heterocycles. The highest BCUT2D eigenvalue weighted by Gasteiger charge is 2.16. The minimum atomic E-state index is -0.115. The van der Waals surface area contributed by atoms with Crippen molar-refractivity contribution < 1.29 is 0 Å². The van der Waals surface area contributed by atoms with Crippen molar-refractivity contribution in [2.24, 2.45) is 5.73 Å². The molecule has 0 saturated heterocycles. The minimum absolute atomic E-state index is 0.115. The predicted molar refractivity (Wildman–Crippen MR) is 70.2 cm³/mol. The van der Waals surface area contributed by atoms with Crippen LogP contribution in [0.2, 0.25) is 0 Å². The van der Waals surface area contributed by atoms with E-state index in [0.717, 1.165) is 17.7 Å². The molecule has 2 aromatic rings. The third-order valence-electron chi connectivity index (χ3n) is 3.01. The highest BCUT2D eigenvalue weighted by molar-refractivity contribution is 5.49. The van der Waals surface area contributed by atoms with Crippen LogP contribution in [0.25, 0.3) is 5.69 Å². The monoisotopic (exact) mass is 251 g/mol. The van der Waals surface area contributed by atoms with Crippen LogP contribution in [0.3, 0.4) is 0 Å². The van der Waals surface area contributed by atoms with Crippen LogP contribution >= 0.6 is 0 Å². The summed E-state index contributed by atoms with van der Waals surface area (Å²) in [6.45, 7) is 2.00. The fourth-order valence-electron chi connectivity index (χ4n) is 1.96. The molecule has 0 bridgehead atoms. The van der Waals surface area contributed by atoms with Crippen molar-refractivity contribution in [1.82, 2.24) is 9.55 Å². The fourth-order valence-corrected chi connectivity index (χ4v) is 1.96. The molecule has 0 aliphatic rings. The van der Waals surface area contributed by atoms with Gasteiger partial charge in [0.25, 0.3) is 0 Å². The van der Waals surface area contributed by atoms with Gasteiger partial charge < -0.3 is 5.73 Å². The smallest absolute Gasteiger partial charge is 0.177 e. The molecule has 1 unspecified atom stereocenters. The summed E-state index contributed by atoms with van der Waals surface area (Å²) in [7, 11) is 0. The first-order chi connectivity index (χ1) is 9.22. The predicted octanol–water partition coefficient (Wildman–Crippen LogP) is 2.03. The summed E-state index contributed by atoms with van der Waals surface area (Å²) in [4.78, 5) is 3.95. The van der Waals surface area contributed by atoms with Crippen molar-refractivity contribution in [3.8, 4) is 17.8 Å². The van der Waals surface area contributed by atoms with Crippen LogP contribution in [-0.4, -0.2) is 9.55 Å². The maximum Gasteiger partial charge on any atom is 0.177 e. The summed E-state index contributed by atoms with van der Waals surface area (Å²) in [5, 5.41) is 18.1. The molecule has 0 radical (unpaired) electrons. The number of nitrogens with zero attached hydrogens (tertiary/aromatic N) is 4. The van der Waals surface area contributed by atoms with Crippen molar-refractivity contribution in [2.75, 3.05) is 0 Å². The van der Waals surface area contributed by atoms with E-state index >= 15 is 0 Å².